The Labute approximate surface area is 151 Å². The van der Waals surface area contributed by atoms with Crippen LogP contribution in [-0.2, 0) is 10.0 Å². The first-order chi connectivity index (χ1) is 12.0. The molecule has 0 saturated carbocycles. The van der Waals surface area contributed by atoms with Crippen molar-refractivity contribution in [1.29, 1.82) is 0 Å². The van der Waals surface area contributed by atoms with Crippen molar-refractivity contribution in [3.63, 3.8) is 0 Å². The van der Waals surface area contributed by atoms with Gasteiger partial charge < -0.3 is 0 Å². The van der Waals surface area contributed by atoms with Crippen molar-refractivity contribution in [2.45, 2.75) is 43.5 Å². The summed E-state index contributed by atoms with van der Waals surface area (Å²) < 4.78 is 27.4. The van der Waals surface area contributed by atoms with Crippen LogP contribution in [0.2, 0.25) is 0 Å². The molecule has 0 bridgehead atoms. The number of sulfonamides is 1. The van der Waals surface area contributed by atoms with Gasteiger partial charge in [0.05, 0.1) is 4.90 Å². The third kappa shape index (κ3) is 3.91. The average molecular weight is 380 g/mol. The van der Waals surface area contributed by atoms with Crippen molar-refractivity contribution >= 4 is 32.4 Å². The van der Waals surface area contributed by atoms with E-state index in [2.05, 4.69) is 10.3 Å². The second-order valence-corrected chi connectivity index (χ2v) is 8.77. The summed E-state index contributed by atoms with van der Waals surface area (Å²) >= 11 is 1.33. The summed E-state index contributed by atoms with van der Waals surface area (Å²) in [6, 6.07) is 6.16. The molecule has 1 atom stereocenters. The van der Waals surface area contributed by atoms with E-state index in [1.807, 2.05) is 6.92 Å². The normalized spacial score (nSPS) is 18.8. The highest BCUT2D eigenvalue weighted by atomic mass is 32.2. The molecule has 1 aliphatic heterocycles. The monoisotopic (exact) mass is 379 g/mol. The molecule has 0 aliphatic carbocycles. The number of amides is 1. The van der Waals surface area contributed by atoms with Crippen LogP contribution >= 0.6 is 11.3 Å². The molecule has 1 unspecified atom stereocenters. The SMILES string of the molecule is CCC1CCCCN1S(=O)(=O)c1ccc(C(=O)Nc2nccs2)cc1. The molecule has 134 valence electrons. The summed E-state index contributed by atoms with van der Waals surface area (Å²) in [5.41, 5.74) is 0.403. The van der Waals surface area contributed by atoms with Crippen molar-refractivity contribution in [3.8, 4) is 0 Å². The number of carbonyl (C=O) groups is 1. The van der Waals surface area contributed by atoms with Gasteiger partial charge in [-0.15, -0.1) is 11.3 Å². The highest BCUT2D eigenvalue weighted by Crippen LogP contribution is 2.27. The maximum Gasteiger partial charge on any atom is 0.257 e. The summed E-state index contributed by atoms with van der Waals surface area (Å²) in [6.07, 6.45) is 5.29. The zero-order valence-corrected chi connectivity index (χ0v) is 15.6. The molecule has 1 aliphatic rings. The van der Waals surface area contributed by atoms with Gasteiger partial charge in [-0.3, -0.25) is 10.1 Å². The minimum atomic E-state index is -3.52. The van der Waals surface area contributed by atoms with E-state index in [-0.39, 0.29) is 16.8 Å². The molecule has 6 nitrogen and oxygen atoms in total. The standard InChI is InChI=1S/C17H21N3O3S2/c1-2-14-5-3-4-11-20(14)25(22,23)15-8-6-13(7-9-15)16(21)19-17-18-10-12-24-17/h6-10,12,14H,2-5,11H2,1H3,(H,18,19,21). The highest BCUT2D eigenvalue weighted by molar-refractivity contribution is 7.89. The molecule has 2 heterocycles. The predicted octanol–water partition coefficient (Wildman–Crippen LogP) is 3.35. The lowest BCUT2D eigenvalue weighted by Gasteiger charge is -2.34. The molecule has 1 fully saturated rings. The van der Waals surface area contributed by atoms with Crippen LogP contribution in [0.1, 0.15) is 43.0 Å². The second kappa shape index (κ2) is 7.63. The molecule has 3 rings (SSSR count). The van der Waals surface area contributed by atoms with Gasteiger partial charge in [-0.25, -0.2) is 13.4 Å². The van der Waals surface area contributed by atoms with Crippen molar-refractivity contribution in [3.05, 3.63) is 41.4 Å². The number of thiazole rings is 1. The third-order valence-electron chi connectivity index (χ3n) is 4.42. The van der Waals surface area contributed by atoms with E-state index in [1.54, 1.807) is 28.0 Å². The highest BCUT2D eigenvalue weighted by Gasteiger charge is 2.32. The Morgan fingerprint density at radius 3 is 2.72 bits per heavy atom. The van der Waals surface area contributed by atoms with E-state index in [0.717, 1.165) is 25.7 Å². The van der Waals surface area contributed by atoms with Crippen LogP contribution < -0.4 is 5.32 Å². The molecule has 1 aromatic heterocycles. The van der Waals surface area contributed by atoms with Crippen molar-refractivity contribution in [1.82, 2.24) is 9.29 Å². The Kier molecular flexibility index (Phi) is 5.51. The maximum atomic E-state index is 12.9. The minimum absolute atomic E-state index is 0.0617. The molecule has 25 heavy (non-hydrogen) atoms. The smallest absolute Gasteiger partial charge is 0.257 e. The van der Waals surface area contributed by atoms with E-state index in [1.165, 1.54) is 23.5 Å². The topological polar surface area (TPSA) is 79.4 Å². The number of benzene rings is 1. The maximum absolute atomic E-state index is 12.9. The molecular formula is C17H21N3O3S2. The molecule has 8 heteroatoms. The van der Waals surface area contributed by atoms with Gasteiger partial charge >= 0.3 is 0 Å². The number of hydrogen-bond acceptors (Lipinski definition) is 5. The van der Waals surface area contributed by atoms with Crippen molar-refractivity contribution < 1.29 is 13.2 Å². The van der Waals surface area contributed by atoms with Gasteiger partial charge in [-0.05, 0) is 43.5 Å². The first-order valence-corrected chi connectivity index (χ1v) is 10.7. The predicted molar refractivity (Wildman–Crippen MR) is 98.3 cm³/mol. The Bertz CT molecular complexity index is 817. The van der Waals surface area contributed by atoms with E-state index in [0.29, 0.717) is 17.2 Å². The van der Waals surface area contributed by atoms with Gasteiger partial charge in [0.15, 0.2) is 5.13 Å². The van der Waals surface area contributed by atoms with Crippen LogP contribution in [0.15, 0.2) is 40.7 Å². The van der Waals surface area contributed by atoms with Crippen LogP contribution in [0, 0.1) is 0 Å². The van der Waals surface area contributed by atoms with Gasteiger partial charge in [0.25, 0.3) is 5.91 Å². The fourth-order valence-corrected chi connectivity index (χ4v) is 5.36. The van der Waals surface area contributed by atoms with Gasteiger partial charge in [0.1, 0.15) is 0 Å². The van der Waals surface area contributed by atoms with Crippen molar-refractivity contribution in [2.24, 2.45) is 0 Å². The summed E-state index contributed by atoms with van der Waals surface area (Å²) in [6.45, 7) is 2.58. The largest absolute Gasteiger partial charge is 0.298 e. The van der Waals surface area contributed by atoms with Crippen LogP contribution in [0.5, 0.6) is 0 Å². The molecule has 2 aromatic rings. The van der Waals surface area contributed by atoms with Crippen molar-refractivity contribution in [2.75, 3.05) is 11.9 Å². The number of rotatable bonds is 5. The number of aromatic nitrogens is 1. The third-order valence-corrected chi connectivity index (χ3v) is 7.07. The molecule has 1 N–H and O–H groups in total. The Balaban J connectivity index is 1.77. The van der Waals surface area contributed by atoms with Crippen LogP contribution in [0.3, 0.4) is 0 Å². The number of carbonyl (C=O) groups excluding carboxylic acids is 1. The zero-order chi connectivity index (χ0) is 17.9. The molecule has 1 saturated heterocycles. The van der Waals surface area contributed by atoms with Crippen LogP contribution in [-0.4, -0.2) is 36.2 Å². The quantitative estimate of drug-likeness (QED) is 0.864. The van der Waals surface area contributed by atoms with E-state index >= 15 is 0 Å². The second-order valence-electron chi connectivity index (χ2n) is 5.99. The number of nitrogens with one attached hydrogen (secondary N) is 1. The Morgan fingerprint density at radius 2 is 2.08 bits per heavy atom. The fraction of sp³-hybridized carbons (Fsp3) is 0.412. The Morgan fingerprint density at radius 1 is 1.32 bits per heavy atom. The van der Waals surface area contributed by atoms with E-state index in [9.17, 15) is 13.2 Å². The summed E-state index contributed by atoms with van der Waals surface area (Å²) in [4.78, 5) is 16.4. The van der Waals surface area contributed by atoms with Gasteiger partial charge in [0, 0.05) is 29.7 Å². The molecule has 1 amide bonds. The number of anilines is 1. The van der Waals surface area contributed by atoms with Gasteiger partial charge in [-0.1, -0.05) is 13.3 Å². The lowest BCUT2D eigenvalue weighted by Crippen LogP contribution is -2.43. The van der Waals surface area contributed by atoms with Crippen LogP contribution in [0.4, 0.5) is 5.13 Å². The zero-order valence-electron chi connectivity index (χ0n) is 14.0. The number of hydrogen-bond donors (Lipinski definition) is 1. The summed E-state index contributed by atoms with van der Waals surface area (Å²) in [5.74, 6) is -0.302. The van der Waals surface area contributed by atoms with Gasteiger partial charge in [-0.2, -0.15) is 4.31 Å². The fourth-order valence-electron chi connectivity index (χ4n) is 3.07. The first-order valence-electron chi connectivity index (χ1n) is 8.35. The molecule has 0 radical (unpaired) electrons. The summed E-state index contributed by atoms with van der Waals surface area (Å²) in [5, 5.41) is 4.97. The summed E-state index contributed by atoms with van der Waals surface area (Å²) in [7, 11) is -3.52. The molecular weight excluding hydrogens is 358 g/mol. The lowest BCUT2D eigenvalue weighted by molar-refractivity contribution is 0.102. The van der Waals surface area contributed by atoms with Gasteiger partial charge in [0.2, 0.25) is 10.0 Å². The molecule has 0 spiro atoms. The minimum Gasteiger partial charge on any atom is -0.298 e. The first kappa shape index (κ1) is 18.0. The van der Waals surface area contributed by atoms with Crippen LogP contribution in [0.25, 0.3) is 0 Å². The number of piperidine rings is 1. The number of nitrogens with zero attached hydrogens (tertiary/aromatic N) is 2. The molecule has 1 aromatic carbocycles. The van der Waals surface area contributed by atoms with E-state index in [4.69, 9.17) is 0 Å². The lowest BCUT2D eigenvalue weighted by atomic mass is 10.0. The average Bonchev–Trinajstić information content (AvgIpc) is 3.14. The van der Waals surface area contributed by atoms with E-state index < -0.39 is 10.0 Å². The Hall–Kier alpha value is -1.77.